The van der Waals surface area contributed by atoms with E-state index in [1.165, 1.54) is 44.9 Å². The SMILES string of the molecule is C#CC#CC#CC#CC#CC#CC(=O)OC[C@H](COP(=O)(O)OC1C(O)[C@@H](O)C(O)[C@@H](OP(=O)(O)O)[C@H]1O)OC(=O)CCCCCCCCCCCCCCC.S.[HH].[HH].[HH].[HH].[HH].[HH].[HH].[HH].[HH].[HH].[HH]. The zero-order chi connectivity index (χ0) is 41.8. The Balaban J connectivity index is -0.000000261. The molecule has 0 radical (unpaired) electrons. The average Bonchev–Trinajstić information content (AvgIpc) is 3.14. The van der Waals surface area contributed by atoms with Crippen LogP contribution in [0.3, 0.4) is 0 Å². The van der Waals surface area contributed by atoms with E-state index in [1.54, 1.807) is 0 Å². The highest BCUT2D eigenvalue weighted by atomic mass is 32.1. The van der Waals surface area contributed by atoms with E-state index in [2.05, 4.69) is 70.7 Å². The molecule has 1 fully saturated rings. The van der Waals surface area contributed by atoms with Crippen molar-refractivity contribution < 1.29 is 92.6 Å². The number of esters is 2. The van der Waals surface area contributed by atoms with Gasteiger partial charge in [0.05, 0.1) is 6.61 Å². The fourth-order valence-corrected chi connectivity index (χ4v) is 6.68. The highest BCUT2D eigenvalue weighted by Gasteiger charge is 2.54. The topological polar surface area (TPSA) is 256 Å². The Morgan fingerprint density at radius 3 is 1.60 bits per heavy atom. The van der Waals surface area contributed by atoms with E-state index in [4.69, 9.17) is 34.7 Å². The number of carbonyl (C=O) groups excluding carboxylic acids is 2. The van der Waals surface area contributed by atoms with Crippen molar-refractivity contribution in [1.82, 2.24) is 0 Å². The minimum Gasteiger partial charge on any atom is -0.456 e. The molecule has 0 aromatic carbocycles. The van der Waals surface area contributed by atoms with Gasteiger partial charge in [0.25, 0.3) is 0 Å². The summed E-state index contributed by atoms with van der Waals surface area (Å²) >= 11 is 0. The van der Waals surface area contributed by atoms with E-state index in [0.717, 1.165) is 32.1 Å². The molecule has 4 unspecified atom stereocenters. The van der Waals surface area contributed by atoms with Crippen LogP contribution < -0.4 is 0 Å². The van der Waals surface area contributed by atoms with Crippen LogP contribution in [0.25, 0.3) is 0 Å². The number of aliphatic hydroxyl groups excluding tert-OH is 4. The van der Waals surface area contributed by atoms with Gasteiger partial charge in [-0.1, -0.05) is 84.0 Å². The van der Waals surface area contributed by atoms with E-state index in [9.17, 15) is 44.0 Å². The Kier molecular flexibility index (Phi) is 29.0. The second-order valence-corrected chi connectivity index (χ2v) is 15.1. The van der Waals surface area contributed by atoms with Crippen LogP contribution in [0.15, 0.2) is 0 Å². The van der Waals surface area contributed by atoms with E-state index in [1.807, 2.05) is 5.92 Å². The van der Waals surface area contributed by atoms with E-state index >= 15 is 0 Å². The van der Waals surface area contributed by atoms with E-state index < -0.39 is 83.5 Å². The van der Waals surface area contributed by atoms with Gasteiger partial charge in [0.1, 0.15) is 43.2 Å². The molecule has 0 aromatic heterocycles. The molecule has 0 bridgehead atoms. The first kappa shape index (κ1) is 53.7. The molecule has 1 saturated carbocycles. The van der Waals surface area contributed by atoms with Gasteiger partial charge in [-0.15, -0.1) is 6.42 Å². The monoisotopic (exact) mass is 880 g/mol. The Hall–Kier alpha value is -3.29. The fraction of sp³-hybridized carbons (Fsp3) is 0.632. The van der Waals surface area contributed by atoms with Crippen molar-refractivity contribution in [3.63, 3.8) is 0 Å². The van der Waals surface area contributed by atoms with Gasteiger partial charge in [0, 0.05) is 28.0 Å². The lowest BCUT2D eigenvalue weighted by Crippen LogP contribution is -2.64. The highest BCUT2D eigenvalue weighted by molar-refractivity contribution is 7.59. The minimum atomic E-state index is -5.39. The molecular formula is C38H74O16P2S. The maximum Gasteiger partial charge on any atom is 0.472 e. The largest absolute Gasteiger partial charge is 0.472 e. The molecule has 0 aliphatic heterocycles. The summed E-state index contributed by atoms with van der Waals surface area (Å²) in [6, 6.07) is 0. The number of ether oxygens (including phenoxy) is 2. The molecule has 1 rings (SSSR count). The lowest BCUT2D eigenvalue weighted by molar-refractivity contribution is -0.216. The van der Waals surface area contributed by atoms with Gasteiger partial charge < -0.3 is 44.6 Å². The van der Waals surface area contributed by atoms with Crippen LogP contribution in [0.1, 0.15) is 113 Å². The van der Waals surface area contributed by atoms with Crippen molar-refractivity contribution in [3.05, 3.63) is 0 Å². The number of phosphoric ester groups is 2. The van der Waals surface area contributed by atoms with Crippen molar-refractivity contribution >= 4 is 41.1 Å². The maximum atomic E-state index is 12.8. The van der Waals surface area contributed by atoms with Gasteiger partial charge in [-0.25, -0.2) is 13.9 Å². The van der Waals surface area contributed by atoms with Crippen LogP contribution in [-0.2, 0) is 41.8 Å². The zero-order valence-corrected chi connectivity index (χ0v) is 34.4. The van der Waals surface area contributed by atoms with Crippen molar-refractivity contribution in [1.29, 1.82) is 0 Å². The summed E-state index contributed by atoms with van der Waals surface area (Å²) in [5.74, 6) is 23.0. The first-order chi connectivity index (χ1) is 26.6. The third-order valence-electron chi connectivity index (χ3n) is 7.90. The molecular weight excluding hydrogens is 806 g/mol. The van der Waals surface area contributed by atoms with E-state index in [0.29, 0.717) is 6.42 Å². The number of aliphatic hydroxyl groups is 4. The Morgan fingerprint density at radius 2 is 1.11 bits per heavy atom. The van der Waals surface area contributed by atoms with Gasteiger partial charge in [-0.05, 0) is 65.6 Å². The quantitative estimate of drug-likeness (QED) is 0.0225. The second-order valence-electron chi connectivity index (χ2n) is 12.5. The first-order valence-corrected chi connectivity index (χ1v) is 21.1. The average molecular weight is 881 g/mol. The summed E-state index contributed by atoms with van der Waals surface area (Å²) in [5.41, 5.74) is 0. The summed E-state index contributed by atoms with van der Waals surface area (Å²) in [4.78, 5) is 53.4. The highest BCUT2D eigenvalue weighted by Crippen LogP contribution is 2.49. The molecule has 57 heavy (non-hydrogen) atoms. The molecule has 8 atom stereocenters. The molecule has 0 aromatic rings. The molecule has 19 heteroatoms. The summed E-state index contributed by atoms with van der Waals surface area (Å²) in [5, 5.41) is 40.9. The summed E-state index contributed by atoms with van der Waals surface area (Å²) in [6.07, 6.45) is 3.86. The number of terminal acetylenes is 1. The Morgan fingerprint density at radius 1 is 0.649 bits per heavy atom. The standard InChI is InChI=1S/C38H50O16P2.H2S.11H2/c1-3-5-7-9-11-13-15-16-17-19-21-23-25-27-32(40)52-30(28-50-31(39)26-24-22-20-18-14-12-10-8-6-4-2)29-51-56(48,49)54-38-35(43)33(41)34(42)37(36(38)44)53-55(45,46)47;;;;;;;;;;;;/h2,30,33-38,41-44H,3,5,7,9,11,13,15-17,19,21,23,25,27-29H2,1H3,(H,48,49)(H2,45,46,47);1H2;11*1H/t30-,33+,34?,35?,36-,37-,38?;;;;;;;;;;;;/m1............/s1. The molecule has 1 aliphatic rings. The summed E-state index contributed by atoms with van der Waals surface area (Å²) in [6.45, 7) is 0.517. The predicted octanol–water partition coefficient (Wildman–Crippen LogP) is 4.83. The maximum absolute atomic E-state index is 12.8. The van der Waals surface area contributed by atoms with Gasteiger partial charge in [-0.3, -0.25) is 18.4 Å². The number of carbonyl (C=O) groups is 2. The normalized spacial score (nSPS) is 21.1. The summed E-state index contributed by atoms with van der Waals surface area (Å²) in [7, 11) is -10.8. The van der Waals surface area contributed by atoms with Crippen LogP contribution >= 0.6 is 29.1 Å². The van der Waals surface area contributed by atoms with Crippen molar-refractivity contribution in [2.75, 3.05) is 13.2 Å². The lowest BCUT2D eigenvalue weighted by Gasteiger charge is -2.43. The predicted molar refractivity (Wildman–Crippen MR) is 234 cm³/mol. The van der Waals surface area contributed by atoms with Gasteiger partial charge in [0.15, 0.2) is 6.10 Å². The van der Waals surface area contributed by atoms with Crippen molar-refractivity contribution in [3.8, 4) is 71.5 Å². The third kappa shape index (κ3) is 25.6. The van der Waals surface area contributed by atoms with Crippen LogP contribution in [0.4, 0.5) is 0 Å². The van der Waals surface area contributed by atoms with Crippen LogP contribution in [0.5, 0.6) is 0 Å². The molecule has 338 valence electrons. The first-order valence-electron chi connectivity index (χ1n) is 18.1. The Labute approximate surface area is 357 Å². The Bertz CT molecular complexity index is 1750. The van der Waals surface area contributed by atoms with Crippen LogP contribution in [0.2, 0.25) is 0 Å². The van der Waals surface area contributed by atoms with E-state index in [-0.39, 0.29) is 35.6 Å². The number of phosphoric acid groups is 2. The van der Waals surface area contributed by atoms with Gasteiger partial charge in [0.2, 0.25) is 0 Å². The number of hydrogen-bond acceptors (Lipinski definition) is 13. The second kappa shape index (κ2) is 30.7. The third-order valence-corrected chi connectivity index (χ3v) is 9.41. The smallest absolute Gasteiger partial charge is 0.456 e. The van der Waals surface area contributed by atoms with Crippen LogP contribution in [-0.4, -0.2) is 103 Å². The van der Waals surface area contributed by atoms with Gasteiger partial charge >= 0.3 is 27.6 Å². The van der Waals surface area contributed by atoms with Crippen LogP contribution in [0, 0.1) is 71.5 Å². The number of rotatable bonds is 24. The molecule has 16 nitrogen and oxygen atoms in total. The van der Waals surface area contributed by atoms with Crippen molar-refractivity contribution in [2.45, 2.75) is 140 Å². The lowest BCUT2D eigenvalue weighted by atomic mass is 9.85. The number of unbranched alkanes of at least 4 members (excludes halogenated alkanes) is 12. The van der Waals surface area contributed by atoms with Gasteiger partial charge in [-0.2, -0.15) is 13.5 Å². The molecule has 0 amide bonds. The molecule has 7 N–H and O–H groups in total. The fourth-order valence-electron chi connectivity index (χ4n) is 5.14. The summed E-state index contributed by atoms with van der Waals surface area (Å²) < 4.78 is 48.4. The molecule has 1 aliphatic carbocycles. The zero-order valence-electron chi connectivity index (χ0n) is 31.6. The van der Waals surface area contributed by atoms with Crippen molar-refractivity contribution in [2.24, 2.45) is 0 Å². The molecule has 0 heterocycles. The molecule has 0 spiro atoms. The molecule has 0 saturated heterocycles. The minimum absolute atomic E-state index is 0. The number of hydrogen-bond donors (Lipinski definition) is 7.